The summed E-state index contributed by atoms with van der Waals surface area (Å²) in [5.74, 6) is -0.00537. The van der Waals surface area contributed by atoms with Gasteiger partial charge in [0, 0.05) is 22.9 Å². The predicted molar refractivity (Wildman–Crippen MR) is 77.5 cm³/mol. The minimum absolute atomic E-state index is 0.00537. The second-order valence-corrected chi connectivity index (χ2v) is 6.36. The molecule has 1 aromatic carbocycles. The van der Waals surface area contributed by atoms with Crippen LogP contribution < -0.4 is 11.1 Å². The van der Waals surface area contributed by atoms with E-state index in [1.54, 1.807) is 11.3 Å². The van der Waals surface area contributed by atoms with Crippen molar-refractivity contribution in [1.82, 2.24) is 5.32 Å². The smallest absolute Gasteiger partial charge is 0.255 e. The summed E-state index contributed by atoms with van der Waals surface area (Å²) in [6.07, 6.45) is 3.08. The number of nitrogens with two attached hydrogens (primary N) is 1. The summed E-state index contributed by atoms with van der Waals surface area (Å²) in [6, 6.07) is 8.63. The molecule has 3 N–H and O–H groups in total. The van der Waals surface area contributed by atoms with Crippen LogP contribution >= 0.6 is 11.3 Å². The number of carbonyl (C=O) groups excluding carboxylic acids is 1. The van der Waals surface area contributed by atoms with E-state index >= 15 is 0 Å². The SMILES string of the molecule is Nc1sc2c(c1C(=O)NC1CC1)-c1ccccc1C2. The average Bonchev–Trinajstić information content (AvgIpc) is 3.03. The summed E-state index contributed by atoms with van der Waals surface area (Å²) in [7, 11) is 0. The highest BCUT2D eigenvalue weighted by Crippen LogP contribution is 2.46. The first-order chi connectivity index (χ1) is 9.24. The second-order valence-electron chi connectivity index (χ2n) is 5.22. The quantitative estimate of drug-likeness (QED) is 0.752. The number of hydrogen-bond acceptors (Lipinski definition) is 3. The van der Waals surface area contributed by atoms with Crippen molar-refractivity contribution in [2.75, 3.05) is 5.73 Å². The zero-order valence-electron chi connectivity index (χ0n) is 10.4. The molecule has 0 radical (unpaired) electrons. The van der Waals surface area contributed by atoms with Crippen molar-refractivity contribution in [2.45, 2.75) is 25.3 Å². The molecule has 1 aromatic heterocycles. The highest BCUT2D eigenvalue weighted by atomic mass is 32.1. The Labute approximate surface area is 115 Å². The third kappa shape index (κ3) is 1.67. The molecule has 3 nitrogen and oxygen atoms in total. The molecule has 0 atom stereocenters. The third-order valence-corrected chi connectivity index (χ3v) is 4.80. The van der Waals surface area contributed by atoms with Crippen LogP contribution in [0.15, 0.2) is 24.3 Å². The Morgan fingerprint density at radius 3 is 2.89 bits per heavy atom. The van der Waals surface area contributed by atoms with Gasteiger partial charge in [0.25, 0.3) is 5.91 Å². The number of nitrogen functional groups attached to an aromatic ring is 1. The van der Waals surface area contributed by atoms with Gasteiger partial charge in [0.1, 0.15) is 0 Å². The molecular weight excluding hydrogens is 256 g/mol. The maximum absolute atomic E-state index is 12.4. The van der Waals surface area contributed by atoms with Gasteiger partial charge in [-0.3, -0.25) is 4.79 Å². The van der Waals surface area contributed by atoms with Gasteiger partial charge in [-0.15, -0.1) is 11.3 Å². The second kappa shape index (κ2) is 3.84. The number of hydrogen-bond donors (Lipinski definition) is 2. The van der Waals surface area contributed by atoms with Crippen molar-refractivity contribution in [1.29, 1.82) is 0 Å². The van der Waals surface area contributed by atoms with Gasteiger partial charge >= 0.3 is 0 Å². The van der Waals surface area contributed by atoms with E-state index in [4.69, 9.17) is 5.73 Å². The zero-order valence-corrected chi connectivity index (χ0v) is 11.2. The lowest BCUT2D eigenvalue weighted by Crippen LogP contribution is -2.26. The fourth-order valence-corrected chi connectivity index (χ4v) is 3.81. The van der Waals surface area contributed by atoms with Crippen LogP contribution in [-0.4, -0.2) is 11.9 Å². The Bertz CT molecular complexity index is 685. The molecule has 1 heterocycles. The Kier molecular flexibility index (Phi) is 2.23. The fourth-order valence-electron chi connectivity index (χ4n) is 2.71. The number of nitrogens with one attached hydrogen (secondary N) is 1. The zero-order chi connectivity index (χ0) is 13.0. The molecule has 4 rings (SSSR count). The first-order valence-corrected chi connectivity index (χ1v) is 7.36. The molecule has 1 saturated carbocycles. The van der Waals surface area contributed by atoms with Crippen LogP contribution in [0.5, 0.6) is 0 Å². The molecule has 96 valence electrons. The van der Waals surface area contributed by atoms with Gasteiger partial charge in [-0.2, -0.15) is 0 Å². The van der Waals surface area contributed by atoms with Gasteiger partial charge in [-0.1, -0.05) is 24.3 Å². The largest absolute Gasteiger partial charge is 0.390 e. The van der Waals surface area contributed by atoms with Gasteiger partial charge in [0.15, 0.2) is 0 Å². The lowest BCUT2D eigenvalue weighted by Gasteiger charge is -2.06. The predicted octanol–water partition coefficient (Wildman–Crippen LogP) is 2.79. The average molecular weight is 270 g/mol. The van der Waals surface area contributed by atoms with Crippen LogP contribution in [0.4, 0.5) is 5.00 Å². The Morgan fingerprint density at radius 2 is 2.11 bits per heavy atom. The lowest BCUT2D eigenvalue weighted by atomic mass is 10.0. The Morgan fingerprint density at radius 1 is 1.32 bits per heavy atom. The lowest BCUT2D eigenvalue weighted by molar-refractivity contribution is 0.0953. The summed E-state index contributed by atoms with van der Waals surface area (Å²) in [5, 5.41) is 3.70. The molecule has 1 fully saturated rings. The molecule has 0 aliphatic heterocycles. The molecule has 2 aliphatic carbocycles. The molecule has 0 unspecified atom stereocenters. The van der Waals surface area contributed by atoms with Gasteiger partial charge in [0.2, 0.25) is 0 Å². The number of thiophene rings is 1. The van der Waals surface area contributed by atoms with Gasteiger partial charge in [-0.05, 0) is 24.0 Å². The molecule has 0 spiro atoms. The number of benzene rings is 1. The highest BCUT2D eigenvalue weighted by Gasteiger charge is 2.31. The van der Waals surface area contributed by atoms with E-state index in [-0.39, 0.29) is 5.91 Å². The topological polar surface area (TPSA) is 55.1 Å². The van der Waals surface area contributed by atoms with E-state index in [1.807, 2.05) is 12.1 Å². The number of amides is 1. The van der Waals surface area contributed by atoms with Crippen molar-refractivity contribution < 1.29 is 4.79 Å². The van der Waals surface area contributed by atoms with E-state index in [9.17, 15) is 4.79 Å². The monoisotopic (exact) mass is 270 g/mol. The van der Waals surface area contributed by atoms with Gasteiger partial charge in [0.05, 0.1) is 10.6 Å². The molecule has 2 aliphatic rings. The van der Waals surface area contributed by atoms with E-state index < -0.39 is 0 Å². The van der Waals surface area contributed by atoms with Gasteiger partial charge < -0.3 is 11.1 Å². The third-order valence-electron chi connectivity index (χ3n) is 3.79. The normalized spacial score (nSPS) is 16.0. The maximum Gasteiger partial charge on any atom is 0.255 e. The van der Waals surface area contributed by atoms with E-state index in [0.29, 0.717) is 16.6 Å². The summed E-state index contributed by atoms with van der Waals surface area (Å²) >= 11 is 1.55. The van der Waals surface area contributed by atoms with Crippen LogP contribution in [0.2, 0.25) is 0 Å². The minimum Gasteiger partial charge on any atom is -0.390 e. The van der Waals surface area contributed by atoms with Crippen molar-refractivity contribution in [3.8, 4) is 11.1 Å². The Balaban J connectivity index is 1.83. The number of fused-ring (bicyclic) bond motifs is 3. The first-order valence-electron chi connectivity index (χ1n) is 6.54. The van der Waals surface area contributed by atoms with Crippen LogP contribution in [0.3, 0.4) is 0 Å². The molecule has 1 amide bonds. The standard InChI is InChI=1S/C15H14N2OS/c16-14-13(15(18)17-9-5-6-9)12-10-4-2-1-3-8(10)7-11(12)19-14/h1-4,9H,5-7,16H2,(H,17,18). The summed E-state index contributed by atoms with van der Waals surface area (Å²) in [4.78, 5) is 13.6. The molecular formula is C15H14N2OS. The molecule has 0 saturated heterocycles. The number of carbonyl (C=O) groups is 1. The van der Waals surface area contributed by atoms with Crippen LogP contribution in [0.25, 0.3) is 11.1 Å². The highest BCUT2D eigenvalue weighted by molar-refractivity contribution is 7.17. The number of anilines is 1. The molecule has 2 aromatic rings. The number of rotatable bonds is 2. The Hall–Kier alpha value is -1.81. The van der Waals surface area contributed by atoms with Crippen molar-refractivity contribution >= 4 is 22.2 Å². The summed E-state index contributed by atoms with van der Waals surface area (Å²) in [6.45, 7) is 0. The maximum atomic E-state index is 12.4. The van der Waals surface area contributed by atoms with Crippen molar-refractivity contribution in [3.05, 3.63) is 40.3 Å². The molecule has 0 bridgehead atoms. The fraction of sp³-hybridized carbons (Fsp3) is 0.267. The van der Waals surface area contributed by atoms with Gasteiger partial charge in [-0.25, -0.2) is 0 Å². The first kappa shape index (κ1) is 11.1. The van der Waals surface area contributed by atoms with E-state index in [0.717, 1.165) is 24.8 Å². The molecule has 19 heavy (non-hydrogen) atoms. The summed E-state index contributed by atoms with van der Waals surface area (Å²) < 4.78 is 0. The summed E-state index contributed by atoms with van der Waals surface area (Å²) in [5.41, 5.74) is 10.3. The minimum atomic E-state index is -0.00537. The van der Waals surface area contributed by atoms with E-state index in [1.165, 1.54) is 16.0 Å². The van der Waals surface area contributed by atoms with Crippen LogP contribution in [0, 0.1) is 0 Å². The van der Waals surface area contributed by atoms with Crippen molar-refractivity contribution in [3.63, 3.8) is 0 Å². The van der Waals surface area contributed by atoms with Crippen molar-refractivity contribution in [2.24, 2.45) is 0 Å². The van der Waals surface area contributed by atoms with Crippen LogP contribution in [0.1, 0.15) is 33.6 Å². The molecule has 4 heteroatoms. The van der Waals surface area contributed by atoms with Crippen LogP contribution in [-0.2, 0) is 6.42 Å². The van der Waals surface area contributed by atoms with E-state index in [2.05, 4.69) is 17.4 Å².